The Labute approximate surface area is 164 Å². The number of ether oxygens (including phenoxy) is 1. The molecule has 2 aromatic carbocycles. The maximum Gasteiger partial charge on any atom is 0.262 e. The van der Waals surface area contributed by atoms with Gasteiger partial charge in [0.15, 0.2) is 16.4 Å². The fourth-order valence-electron chi connectivity index (χ4n) is 3.05. The molecule has 148 valence electrons. The number of sulfone groups is 1. The van der Waals surface area contributed by atoms with Crippen molar-refractivity contribution in [2.24, 2.45) is 0 Å². The van der Waals surface area contributed by atoms with Gasteiger partial charge in [-0.05, 0) is 50.1 Å². The molecule has 0 saturated carbocycles. The van der Waals surface area contributed by atoms with E-state index in [9.17, 15) is 18.0 Å². The third-order valence-corrected chi connectivity index (χ3v) is 6.80. The van der Waals surface area contributed by atoms with Crippen LogP contribution in [0.2, 0.25) is 0 Å². The van der Waals surface area contributed by atoms with Crippen LogP contribution >= 0.6 is 0 Å². The van der Waals surface area contributed by atoms with Gasteiger partial charge in [0.2, 0.25) is 5.91 Å². The van der Waals surface area contributed by atoms with Crippen molar-refractivity contribution in [2.75, 3.05) is 17.2 Å². The molecule has 8 heteroatoms. The van der Waals surface area contributed by atoms with Crippen molar-refractivity contribution < 1.29 is 22.7 Å². The number of anilines is 2. The zero-order valence-electron chi connectivity index (χ0n) is 15.9. The van der Waals surface area contributed by atoms with E-state index in [1.165, 1.54) is 13.0 Å². The standard InChI is InChI=1S/C20H22N2O5S/c1-12-5-4-6-15(7-12)21-19(23)9-14(3)28(25,26)18-10-17-16(8-13(18)2)22-20(24)11-27-17/h4-8,10,14H,9,11H2,1-3H3,(H,21,23)(H,22,24)/t14-/m0/s1. The minimum Gasteiger partial charge on any atom is -0.482 e. The topological polar surface area (TPSA) is 102 Å². The van der Waals surface area contributed by atoms with Gasteiger partial charge in [0.25, 0.3) is 5.91 Å². The number of hydrogen-bond donors (Lipinski definition) is 2. The van der Waals surface area contributed by atoms with Crippen LogP contribution in [0.1, 0.15) is 24.5 Å². The zero-order chi connectivity index (χ0) is 20.5. The SMILES string of the molecule is Cc1cccc(NC(=O)C[C@H](C)S(=O)(=O)c2cc3c(cc2C)NC(=O)CO3)c1. The van der Waals surface area contributed by atoms with Crippen LogP contribution in [0.3, 0.4) is 0 Å². The van der Waals surface area contributed by atoms with Crippen molar-refractivity contribution in [3.05, 3.63) is 47.5 Å². The molecule has 0 bridgehead atoms. The van der Waals surface area contributed by atoms with Crippen LogP contribution in [0, 0.1) is 13.8 Å². The van der Waals surface area contributed by atoms with Gasteiger partial charge in [0.05, 0.1) is 15.8 Å². The Balaban J connectivity index is 1.78. The van der Waals surface area contributed by atoms with Crippen molar-refractivity contribution >= 4 is 33.0 Å². The summed E-state index contributed by atoms with van der Waals surface area (Å²) >= 11 is 0. The monoisotopic (exact) mass is 402 g/mol. The summed E-state index contributed by atoms with van der Waals surface area (Å²) in [5.41, 5.74) is 2.55. The van der Waals surface area contributed by atoms with E-state index in [2.05, 4.69) is 10.6 Å². The second kappa shape index (κ2) is 7.63. The third kappa shape index (κ3) is 4.17. The van der Waals surface area contributed by atoms with E-state index in [4.69, 9.17) is 4.74 Å². The summed E-state index contributed by atoms with van der Waals surface area (Å²) < 4.78 is 31.4. The molecule has 0 aromatic heterocycles. The van der Waals surface area contributed by atoms with Gasteiger partial charge in [-0.1, -0.05) is 12.1 Å². The number of hydrogen-bond acceptors (Lipinski definition) is 5. The van der Waals surface area contributed by atoms with Gasteiger partial charge >= 0.3 is 0 Å². The van der Waals surface area contributed by atoms with Crippen molar-refractivity contribution in [1.82, 2.24) is 0 Å². The predicted molar refractivity (Wildman–Crippen MR) is 106 cm³/mol. The van der Waals surface area contributed by atoms with Crippen molar-refractivity contribution in [2.45, 2.75) is 37.3 Å². The van der Waals surface area contributed by atoms with Crippen LogP contribution in [0.15, 0.2) is 41.3 Å². The highest BCUT2D eigenvalue weighted by molar-refractivity contribution is 7.92. The highest BCUT2D eigenvalue weighted by Gasteiger charge is 2.29. The molecule has 28 heavy (non-hydrogen) atoms. The molecule has 0 saturated heterocycles. The number of carbonyl (C=O) groups excluding carboxylic acids is 2. The number of carbonyl (C=O) groups is 2. The molecule has 1 aliphatic rings. The second-order valence-corrected chi connectivity index (χ2v) is 9.26. The van der Waals surface area contributed by atoms with Crippen LogP contribution in [-0.2, 0) is 19.4 Å². The van der Waals surface area contributed by atoms with Gasteiger partial charge in [-0.2, -0.15) is 0 Å². The van der Waals surface area contributed by atoms with E-state index in [0.29, 0.717) is 22.7 Å². The Morgan fingerprint density at radius 2 is 2.00 bits per heavy atom. The Morgan fingerprint density at radius 3 is 2.71 bits per heavy atom. The molecule has 0 aliphatic carbocycles. The zero-order valence-corrected chi connectivity index (χ0v) is 16.7. The quantitative estimate of drug-likeness (QED) is 0.801. The lowest BCUT2D eigenvalue weighted by molar-refractivity contribution is -0.118. The predicted octanol–water partition coefficient (Wildman–Crippen LogP) is 2.83. The summed E-state index contributed by atoms with van der Waals surface area (Å²) in [4.78, 5) is 23.8. The number of benzene rings is 2. The van der Waals surface area contributed by atoms with Crippen molar-refractivity contribution in [3.63, 3.8) is 0 Å². The molecule has 2 amide bonds. The van der Waals surface area contributed by atoms with E-state index in [-0.39, 0.29) is 29.7 Å². The lowest BCUT2D eigenvalue weighted by Gasteiger charge is -2.21. The molecular weight excluding hydrogens is 380 g/mol. The molecule has 2 N–H and O–H groups in total. The maximum absolute atomic E-state index is 13.0. The summed E-state index contributed by atoms with van der Waals surface area (Å²) in [7, 11) is -3.77. The Hall–Kier alpha value is -2.87. The smallest absolute Gasteiger partial charge is 0.262 e. The lowest BCUT2D eigenvalue weighted by Crippen LogP contribution is -2.27. The first-order valence-electron chi connectivity index (χ1n) is 8.84. The molecular formula is C20H22N2O5S. The highest BCUT2D eigenvalue weighted by Crippen LogP contribution is 2.34. The largest absolute Gasteiger partial charge is 0.482 e. The molecule has 1 aliphatic heterocycles. The van der Waals surface area contributed by atoms with E-state index < -0.39 is 15.1 Å². The molecule has 1 atom stereocenters. The lowest BCUT2D eigenvalue weighted by atomic mass is 10.2. The molecule has 0 unspecified atom stereocenters. The molecule has 0 spiro atoms. The molecule has 7 nitrogen and oxygen atoms in total. The van der Waals surface area contributed by atoms with Crippen LogP contribution in [-0.4, -0.2) is 32.1 Å². The number of rotatable bonds is 5. The minimum atomic E-state index is -3.77. The van der Waals surface area contributed by atoms with Crippen molar-refractivity contribution in [3.8, 4) is 5.75 Å². The Kier molecular flexibility index (Phi) is 5.42. The Morgan fingerprint density at radius 1 is 1.25 bits per heavy atom. The van der Waals surface area contributed by atoms with Crippen LogP contribution in [0.25, 0.3) is 0 Å². The normalized spacial score (nSPS) is 14.5. The molecule has 0 fully saturated rings. The summed E-state index contributed by atoms with van der Waals surface area (Å²) in [6.45, 7) is 4.90. The van der Waals surface area contributed by atoms with Gasteiger partial charge in [0.1, 0.15) is 5.75 Å². The average molecular weight is 402 g/mol. The van der Waals surface area contributed by atoms with E-state index in [0.717, 1.165) is 5.56 Å². The summed E-state index contributed by atoms with van der Waals surface area (Å²) in [6, 6.07) is 10.3. The first-order chi connectivity index (χ1) is 13.2. The van der Waals surface area contributed by atoms with Crippen LogP contribution in [0.4, 0.5) is 11.4 Å². The second-order valence-electron chi connectivity index (χ2n) is 6.93. The van der Waals surface area contributed by atoms with E-state index >= 15 is 0 Å². The molecule has 0 radical (unpaired) electrons. The summed E-state index contributed by atoms with van der Waals surface area (Å²) in [5, 5.41) is 4.46. The summed E-state index contributed by atoms with van der Waals surface area (Å²) in [5.74, 6) is -0.357. The van der Waals surface area contributed by atoms with Crippen LogP contribution in [0.5, 0.6) is 5.75 Å². The van der Waals surface area contributed by atoms with Crippen molar-refractivity contribution in [1.29, 1.82) is 0 Å². The van der Waals surface area contributed by atoms with Gasteiger partial charge in [0, 0.05) is 18.2 Å². The Bertz CT molecular complexity index is 1050. The highest BCUT2D eigenvalue weighted by atomic mass is 32.2. The number of aryl methyl sites for hydroxylation is 2. The van der Waals surface area contributed by atoms with Gasteiger partial charge in [-0.25, -0.2) is 8.42 Å². The first-order valence-corrected chi connectivity index (χ1v) is 10.4. The van der Waals surface area contributed by atoms with Gasteiger partial charge < -0.3 is 15.4 Å². The fourth-order valence-corrected chi connectivity index (χ4v) is 4.63. The fraction of sp³-hybridized carbons (Fsp3) is 0.300. The molecule has 2 aromatic rings. The molecule has 1 heterocycles. The number of amides is 2. The van der Waals surface area contributed by atoms with E-state index in [1.54, 1.807) is 19.1 Å². The van der Waals surface area contributed by atoms with Gasteiger partial charge in [-0.15, -0.1) is 0 Å². The van der Waals surface area contributed by atoms with E-state index in [1.807, 2.05) is 25.1 Å². The van der Waals surface area contributed by atoms with Crippen LogP contribution < -0.4 is 15.4 Å². The minimum absolute atomic E-state index is 0.0956. The number of nitrogens with one attached hydrogen (secondary N) is 2. The number of fused-ring (bicyclic) bond motifs is 1. The maximum atomic E-state index is 13.0. The summed E-state index contributed by atoms with van der Waals surface area (Å²) in [6.07, 6.45) is -0.176. The molecule has 3 rings (SSSR count). The first kappa shape index (κ1) is 19.9. The van der Waals surface area contributed by atoms with Gasteiger partial charge in [-0.3, -0.25) is 9.59 Å². The average Bonchev–Trinajstić information content (AvgIpc) is 2.60. The third-order valence-electron chi connectivity index (χ3n) is 4.52.